The van der Waals surface area contributed by atoms with E-state index < -0.39 is 0 Å². The molecule has 1 aliphatic heterocycles. The van der Waals surface area contributed by atoms with E-state index in [2.05, 4.69) is 181 Å². The first kappa shape index (κ1) is 37.4. The quantitative estimate of drug-likeness (QED) is 0.177. The molecule has 7 aromatic carbocycles. The van der Waals surface area contributed by atoms with Gasteiger partial charge in [0.25, 0.3) is 0 Å². The van der Waals surface area contributed by atoms with Crippen molar-refractivity contribution < 1.29 is 8.83 Å². The van der Waals surface area contributed by atoms with E-state index in [1.807, 2.05) is 0 Å². The molecule has 1 N–H and O–H groups in total. The summed E-state index contributed by atoms with van der Waals surface area (Å²) in [6.45, 7) is 19.4. The molecule has 4 heterocycles. The molecule has 0 fully saturated rings. The van der Waals surface area contributed by atoms with E-state index in [-0.39, 0.29) is 21.7 Å². The summed E-state index contributed by atoms with van der Waals surface area (Å²) in [6.07, 6.45) is 4.64. The van der Waals surface area contributed by atoms with Gasteiger partial charge in [0.1, 0.15) is 16.7 Å². The number of benzene rings is 7. The fraction of sp³-hybridized carbons (Fsp3) is 0.276. The van der Waals surface area contributed by atoms with Crippen LogP contribution in [0.25, 0.3) is 76.6 Å². The first-order valence-corrected chi connectivity index (χ1v) is 23.1. The monoisotopic (exact) mass is 820 g/mol. The number of nitrogens with zero attached hydrogens (tertiary/aromatic N) is 1. The number of aromatic nitrogens is 1. The lowest BCUT2D eigenvalue weighted by Crippen LogP contribution is -2.40. The van der Waals surface area contributed by atoms with Crippen LogP contribution in [0.4, 0.5) is 17.1 Å². The first-order chi connectivity index (χ1) is 30.2. The SMILES string of the molecule is CC1(C)CCC(C)(C)c2cc(N3c4cc5oc6ccccc6c5c(-c5cccc6c5[nH]c5c7ccccc7ccc65)c4Bc4oc5cc6c(cc5c43)C(C)(C)CCC6(C)C)ccc21. The van der Waals surface area contributed by atoms with Gasteiger partial charge < -0.3 is 18.7 Å². The molecule has 0 atom stereocenters. The Morgan fingerprint density at radius 2 is 1.16 bits per heavy atom. The van der Waals surface area contributed by atoms with Gasteiger partial charge in [-0.3, -0.25) is 0 Å². The van der Waals surface area contributed by atoms with E-state index >= 15 is 0 Å². The molecule has 310 valence electrons. The van der Waals surface area contributed by atoms with Crippen LogP contribution in [0.2, 0.25) is 0 Å². The zero-order valence-corrected chi connectivity index (χ0v) is 37.8. The molecule has 0 saturated carbocycles. The van der Waals surface area contributed by atoms with Crippen molar-refractivity contribution in [3.05, 3.63) is 138 Å². The molecule has 0 spiro atoms. The molecular formula is C58H53BN2O2. The fourth-order valence-electron chi connectivity index (χ4n) is 12.3. The molecule has 4 nitrogen and oxygen atoms in total. The highest BCUT2D eigenvalue weighted by atomic mass is 16.3. The molecule has 63 heavy (non-hydrogen) atoms. The van der Waals surface area contributed by atoms with Gasteiger partial charge in [-0.15, -0.1) is 0 Å². The van der Waals surface area contributed by atoms with Crippen molar-refractivity contribution in [1.82, 2.24) is 4.98 Å². The van der Waals surface area contributed by atoms with Crippen molar-refractivity contribution in [1.29, 1.82) is 0 Å². The Morgan fingerprint density at radius 3 is 1.94 bits per heavy atom. The second-order valence-corrected chi connectivity index (χ2v) is 21.8. The molecule has 3 aromatic heterocycles. The van der Waals surface area contributed by atoms with E-state index in [1.54, 1.807) is 0 Å². The number of para-hydroxylation sites is 2. The second-order valence-electron chi connectivity index (χ2n) is 21.8. The zero-order chi connectivity index (χ0) is 42.9. The van der Waals surface area contributed by atoms with Crippen molar-refractivity contribution in [2.45, 2.75) is 103 Å². The van der Waals surface area contributed by atoms with Crippen LogP contribution < -0.4 is 16.0 Å². The van der Waals surface area contributed by atoms with Gasteiger partial charge >= 0.3 is 0 Å². The summed E-state index contributed by atoms with van der Waals surface area (Å²) >= 11 is 0. The highest BCUT2D eigenvalue weighted by Crippen LogP contribution is 2.53. The summed E-state index contributed by atoms with van der Waals surface area (Å²) in [4.78, 5) is 6.57. The van der Waals surface area contributed by atoms with Gasteiger partial charge in [-0.1, -0.05) is 134 Å². The molecule has 2 aliphatic carbocycles. The molecule has 3 aliphatic rings. The molecule has 0 radical (unpaired) electrons. The van der Waals surface area contributed by atoms with E-state index in [0.29, 0.717) is 7.28 Å². The van der Waals surface area contributed by atoms with E-state index in [9.17, 15) is 0 Å². The van der Waals surface area contributed by atoms with Gasteiger partial charge in [0.2, 0.25) is 7.28 Å². The van der Waals surface area contributed by atoms with E-state index in [1.165, 1.54) is 83.4 Å². The van der Waals surface area contributed by atoms with Crippen molar-refractivity contribution in [3.63, 3.8) is 0 Å². The van der Waals surface area contributed by atoms with Crippen LogP contribution in [0, 0.1) is 0 Å². The average molecular weight is 821 g/mol. The summed E-state index contributed by atoms with van der Waals surface area (Å²) < 4.78 is 14.3. The predicted octanol–water partition coefficient (Wildman–Crippen LogP) is 14.7. The number of rotatable bonds is 2. The predicted molar refractivity (Wildman–Crippen MR) is 267 cm³/mol. The highest BCUT2D eigenvalue weighted by molar-refractivity contribution is 6.73. The standard InChI is InChI=1S/C58H53BN2O2/c1-55(2)24-25-56(3,4)41-28-33(21-23-40(41)55)61-44-31-47-48(37-16-11-12-19-45(37)62-47)49(38-18-13-17-35-36-22-20-32-14-9-10-15-34(32)51(36)60-52(35)38)50(44)59-54-53(61)39-29-42-43(30-46(39)63-54)58(7,8)27-26-57(42,5)6/h9-23,28-31,59-60H,24-27H2,1-8H3. The van der Waals surface area contributed by atoms with Crippen molar-refractivity contribution in [2.24, 2.45) is 0 Å². The van der Waals surface area contributed by atoms with Crippen molar-refractivity contribution in [2.75, 3.05) is 4.90 Å². The molecule has 10 aromatic rings. The molecule has 0 unspecified atom stereocenters. The molecule has 5 heteroatoms. The Balaban J connectivity index is 1.16. The van der Waals surface area contributed by atoms with Crippen molar-refractivity contribution >= 4 is 101 Å². The third-order valence-electron chi connectivity index (χ3n) is 16.2. The lowest BCUT2D eigenvalue weighted by Gasteiger charge is -2.43. The summed E-state index contributed by atoms with van der Waals surface area (Å²) in [7, 11) is 0.654. The van der Waals surface area contributed by atoms with E-state index in [4.69, 9.17) is 8.83 Å². The number of furan rings is 2. The van der Waals surface area contributed by atoms with Crippen LogP contribution in [0.3, 0.4) is 0 Å². The lowest BCUT2D eigenvalue weighted by molar-refractivity contribution is 0.332. The number of H-pyrrole nitrogens is 1. The number of aromatic amines is 1. The van der Waals surface area contributed by atoms with Gasteiger partial charge in [-0.2, -0.15) is 0 Å². The second kappa shape index (κ2) is 12.3. The maximum absolute atomic E-state index is 7.30. The third kappa shape index (κ3) is 5.11. The van der Waals surface area contributed by atoms with Gasteiger partial charge in [0, 0.05) is 55.3 Å². The van der Waals surface area contributed by atoms with Crippen LogP contribution in [0.5, 0.6) is 0 Å². The van der Waals surface area contributed by atoms with Crippen molar-refractivity contribution in [3.8, 4) is 11.1 Å². The highest BCUT2D eigenvalue weighted by Gasteiger charge is 2.42. The summed E-state index contributed by atoms with van der Waals surface area (Å²) in [5, 5.41) is 8.38. The Bertz CT molecular complexity index is 3630. The smallest absolute Gasteiger partial charge is 0.244 e. The van der Waals surface area contributed by atoms with Gasteiger partial charge in [0.15, 0.2) is 0 Å². The lowest BCUT2D eigenvalue weighted by atomic mass is 9.60. The van der Waals surface area contributed by atoms with Gasteiger partial charge in [-0.25, -0.2) is 0 Å². The zero-order valence-electron chi connectivity index (χ0n) is 37.8. The fourth-order valence-corrected chi connectivity index (χ4v) is 12.3. The third-order valence-corrected chi connectivity index (χ3v) is 16.2. The number of hydrogen-bond donors (Lipinski definition) is 1. The molecule has 0 saturated heterocycles. The minimum absolute atomic E-state index is 0.0404. The van der Waals surface area contributed by atoms with Crippen LogP contribution in [-0.2, 0) is 21.7 Å². The summed E-state index contributed by atoms with van der Waals surface area (Å²) in [5.74, 6) is 0. The van der Waals surface area contributed by atoms with Crippen LogP contribution in [0.1, 0.15) is 103 Å². The van der Waals surface area contributed by atoms with E-state index in [0.717, 1.165) is 69.3 Å². The summed E-state index contributed by atoms with van der Waals surface area (Å²) in [5.41, 5.74) is 19.2. The largest absolute Gasteiger partial charge is 0.469 e. The first-order valence-electron chi connectivity index (χ1n) is 23.1. The topological polar surface area (TPSA) is 45.3 Å². The van der Waals surface area contributed by atoms with Crippen LogP contribution >= 0.6 is 0 Å². The normalized spacial score (nSPS) is 18.2. The molecule has 13 rings (SSSR count). The Labute approximate surface area is 369 Å². The number of hydrogen-bond acceptors (Lipinski definition) is 3. The Hall–Kier alpha value is -6.20. The van der Waals surface area contributed by atoms with Crippen LogP contribution in [0.15, 0.2) is 124 Å². The molecule has 0 amide bonds. The maximum Gasteiger partial charge on any atom is 0.244 e. The minimum Gasteiger partial charge on any atom is -0.469 e. The molecular weight excluding hydrogens is 767 g/mol. The molecule has 0 bridgehead atoms. The maximum atomic E-state index is 7.30. The Morgan fingerprint density at radius 1 is 0.508 bits per heavy atom. The Kier molecular flexibility index (Phi) is 7.29. The van der Waals surface area contributed by atoms with Crippen LogP contribution in [-0.4, -0.2) is 12.3 Å². The van der Waals surface area contributed by atoms with Gasteiger partial charge in [0.05, 0.1) is 22.4 Å². The summed E-state index contributed by atoms with van der Waals surface area (Å²) in [6, 6.07) is 43.2. The number of anilines is 3. The van der Waals surface area contributed by atoms with Gasteiger partial charge in [-0.05, 0) is 116 Å². The number of nitrogens with one attached hydrogen (secondary N) is 1. The average Bonchev–Trinajstić information content (AvgIpc) is 3.96. The minimum atomic E-state index is 0.0404. The number of fused-ring (bicyclic) bond motifs is 14.